The highest BCUT2D eigenvalue weighted by molar-refractivity contribution is 7.11. The lowest BCUT2D eigenvalue weighted by atomic mass is 10.2. The third kappa shape index (κ3) is 1.49. The van der Waals surface area contributed by atoms with E-state index < -0.39 is 5.97 Å². The summed E-state index contributed by atoms with van der Waals surface area (Å²) in [4.78, 5) is 34.8. The van der Waals surface area contributed by atoms with Crippen LogP contribution in [-0.4, -0.2) is 27.3 Å². The number of carbonyl (C=O) groups excluding carboxylic acids is 2. The van der Waals surface area contributed by atoms with Crippen LogP contribution in [0.1, 0.15) is 28.9 Å². The van der Waals surface area contributed by atoms with Gasteiger partial charge in [0.05, 0.1) is 5.69 Å². The summed E-state index contributed by atoms with van der Waals surface area (Å²) in [6.45, 7) is 1.54. The molecule has 0 aliphatic carbocycles. The third-order valence-corrected chi connectivity index (χ3v) is 3.24. The highest BCUT2D eigenvalue weighted by atomic mass is 32.1. The molecule has 2 rings (SSSR count). The Morgan fingerprint density at radius 2 is 1.94 bits per heavy atom. The van der Waals surface area contributed by atoms with Crippen molar-refractivity contribution in [2.24, 2.45) is 0 Å². The number of hydrogen-bond acceptors (Lipinski definition) is 5. The Bertz CT molecular complexity index is 478. The first kappa shape index (κ1) is 10.7. The third-order valence-electron chi connectivity index (χ3n) is 2.31. The lowest BCUT2D eigenvalue weighted by Gasteiger charge is -2.11. The molecule has 0 aromatic carbocycles. The number of nitrogens with zero attached hydrogens (tertiary/aromatic N) is 2. The standard InChI is InChI=1S/C9H8N2O4S/c1-4-7(9(14)15)8(16-10-4)11-5(12)2-3-6(11)13/h2-3H2,1H3,(H,14,15). The molecule has 16 heavy (non-hydrogen) atoms. The summed E-state index contributed by atoms with van der Waals surface area (Å²) in [6, 6.07) is 0. The first-order valence-electron chi connectivity index (χ1n) is 4.57. The van der Waals surface area contributed by atoms with Crippen LogP contribution in [0.5, 0.6) is 0 Å². The molecule has 1 fully saturated rings. The van der Waals surface area contributed by atoms with Crippen molar-refractivity contribution in [1.82, 2.24) is 4.37 Å². The zero-order chi connectivity index (χ0) is 11.9. The summed E-state index contributed by atoms with van der Waals surface area (Å²) in [5, 5.41) is 9.11. The molecule has 0 unspecified atom stereocenters. The van der Waals surface area contributed by atoms with Crippen LogP contribution in [0.25, 0.3) is 0 Å². The molecule has 7 heteroatoms. The fourth-order valence-corrected chi connectivity index (χ4v) is 2.49. The van der Waals surface area contributed by atoms with E-state index in [0.29, 0.717) is 5.69 Å². The Morgan fingerprint density at radius 1 is 1.38 bits per heavy atom. The largest absolute Gasteiger partial charge is 0.478 e. The molecule has 2 heterocycles. The van der Waals surface area contributed by atoms with E-state index in [1.165, 1.54) is 6.92 Å². The SMILES string of the molecule is Cc1nsc(N2C(=O)CCC2=O)c1C(=O)O. The number of carboxylic acid groups (broad SMARTS) is 1. The maximum Gasteiger partial charge on any atom is 0.340 e. The van der Waals surface area contributed by atoms with Gasteiger partial charge in [0.25, 0.3) is 0 Å². The average Bonchev–Trinajstić information content (AvgIpc) is 2.70. The Hall–Kier alpha value is -1.76. The molecule has 1 saturated heterocycles. The molecule has 0 atom stereocenters. The number of anilines is 1. The van der Waals surface area contributed by atoms with Gasteiger partial charge in [-0.1, -0.05) is 0 Å². The molecular weight excluding hydrogens is 232 g/mol. The normalized spacial score (nSPS) is 15.9. The molecule has 0 saturated carbocycles. The maximum absolute atomic E-state index is 11.5. The van der Waals surface area contributed by atoms with Crippen LogP contribution in [-0.2, 0) is 9.59 Å². The van der Waals surface area contributed by atoms with Crippen molar-refractivity contribution in [2.75, 3.05) is 4.90 Å². The molecule has 1 aliphatic rings. The van der Waals surface area contributed by atoms with Gasteiger partial charge in [0.2, 0.25) is 11.8 Å². The van der Waals surface area contributed by atoms with Crippen LogP contribution in [0.3, 0.4) is 0 Å². The summed E-state index contributed by atoms with van der Waals surface area (Å²) in [5.41, 5.74) is 0.258. The van der Waals surface area contributed by atoms with Crippen LogP contribution in [0, 0.1) is 6.92 Å². The van der Waals surface area contributed by atoms with Crippen molar-refractivity contribution in [3.05, 3.63) is 11.3 Å². The lowest BCUT2D eigenvalue weighted by Crippen LogP contribution is -2.29. The van der Waals surface area contributed by atoms with Gasteiger partial charge in [-0.15, -0.1) is 0 Å². The number of amides is 2. The van der Waals surface area contributed by atoms with E-state index >= 15 is 0 Å². The summed E-state index contributed by atoms with van der Waals surface area (Å²) >= 11 is 0.863. The minimum absolute atomic E-state index is 0.0615. The van der Waals surface area contributed by atoms with E-state index in [-0.39, 0.29) is 35.2 Å². The summed E-state index contributed by atoms with van der Waals surface area (Å²) in [6.07, 6.45) is 0.268. The number of aromatic carboxylic acids is 1. The van der Waals surface area contributed by atoms with Crippen molar-refractivity contribution >= 4 is 34.3 Å². The van der Waals surface area contributed by atoms with E-state index in [9.17, 15) is 14.4 Å². The van der Waals surface area contributed by atoms with Crippen molar-refractivity contribution in [3.63, 3.8) is 0 Å². The van der Waals surface area contributed by atoms with E-state index in [1.807, 2.05) is 0 Å². The quantitative estimate of drug-likeness (QED) is 0.772. The number of imide groups is 1. The molecule has 1 aliphatic heterocycles. The van der Waals surface area contributed by atoms with Gasteiger partial charge in [-0.05, 0) is 18.5 Å². The Kier molecular flexibility index (Phi) is 2.47. The second kappa shape index (κ2) is 3.67. The minimum atomic E-state index is -1.17. The second-order valence-corrected chi connectivity index (χ2v) is 4.13. The maximum atomic E-state index is 11.5. The zero-order valence-electron chi connectivity index (χ0n) is 8.39. The van der Waals surface area contributed by atoms with Gasteiger partial charge in [-0.2, -0.15) is 4.37 Å². The molecule has 1 N–H and O–H groups in total. The molecule has 0 spiro atoms. The molecule has 84 valence electrons. The first-order valence-corrected chi connectivity index (χ1v) is 5.35. The molecule has 6 nitrogen and oxygen atoms in total. The fourth-order valence-electron chi connectivity index (χ4n) is 1.56. The average molecular weight is 240 g/mol. The Morgan fingerprint density at radius 3 is 2.44 bits per heavy atom. The highest BCUT2D eigenvalue weighted by Gasteiger charge is 2.35. The van der Waals surface area contributed by atoms with Gasteiger partial charge in [0.15, 0.2) is 0 Å². The van der Waals surface area contributed by atoms with Gasteiger partial charge >= 0.3 is 5.97 Å². The predicted octanol–water partition coefficient (Wildman–Crippen LogP) is 0.803. The lowest BCUT2D eigenvalue weighted by molar-refractivity contribution is -0.121. The van der Waals surface area contributed by atoms with E-state index in [1.54, 1.807) is 0 Å². The van der Waals surface area contributed by atoms with Gasteiger partial charge < -0.3 is 5.11 Å². The summed E-state index contributed by atoms with van der Waals surface area (Å²) in [5.74, 6) is -1.90. The first-order chi connectivity index (χ1) is 7.52. The van der Waals surface area contributed by atoms with Crippen LogP contribution >= 0.6 is 11.5 Å². The zero-order valence-corrected chi connectivity index (χ0v) is 9.21. The number of aryl methyl sites for hydroxylation is 1. The molecule has 2 amide bonds. The van der Waals surface area contributed by atoms with Crippen LogP contribution < -0.4 is 4.90 Å². The number of carboxylic acids is 1. The Balaban J connectivity index is 2.52. The fraction of sp³-hybridized carbons (Fsp3) is 0.333. The predicted molar refractivity (Wildman–Crippen MR) is 55.5 cm³/mol. The monoisotopic (exact) mass is 240 g/mol. The number of hydrogen-bond donors (Lipinski definition) is 1. The summed E-state index contributed by atoms with van der Waals surface area (Å²) in [7, 11) is 0. The second-order valence-electron chi connectivity index (χ2n) is 3.38. The molecular formula is C9H8N2O4S. The molecule has 1 aromatic heterocycles. The van der Waals surface area contributed by atoms with Gasteiger partial charge in [0, 0.05) is 12.8 Å². The highest BCUT2D eigenvalue weighted by Crippen LogP contribution is 2.32. The van der Waals surface area contributed by atoms with Crippen LogP contribution in [0.4, 0.5) is 5.00 Å². The van der Waals surface area contributed by atoms with E-state index in [0.717, 1.165) is 16.4 Å². The van der Waals surface area contributed by atoms with Crippen molar-refractivity contribution < 1.29 is 19.5 Å². The van der Waals surface area contributed by atoms with Gasteiger partial charge in [0.1, 0.15) is 10.6 Å². The number of carbonyl (C=O) groups is 3. The van der Waals surface area contributed by atoms with Crippen molar-refractivity contribution in [1.29, 1.82) is 0 Å². The van der Waals surface area contributed by atoms with Crippen LogP contribution in [0.2, 0.25) is 0 Å². The van der Waals surface area contributed by atoms with Gasteiger partial charge in [-0.3, -0.25) is 9.59 Å². The Labute approximate surface area is 94.7 Å². The molecule has 1 aromatic rings. The summed E-state index contributed by atoms with van der Waals surface area (Å²) < 4.78 is 3.87. The topological polar surface area (TPSA) is 87.6 Å². The molecule has 0 bridgehead atoms. The van der Waals surface area contributed by atoms with E-state index in [2.05, 4.69) is 4.37 Å². The van der Waals surface area contributed by atoms with E-state index in [4.69, 9.17) is 5.11 Å². The van der Waals surface area contributed by atoms with Crippen molar-refractivity contribution in [3.8, 4) is 0 Å². The van der Waals surface area contributed by atoms with Gasteiger partial charge in [-0.25, -0.2) is 9.69 Å². The minimum Gasteiger partial charge on any atom is -0.478 e. The van der Waals surface area contributed by atoms with Crippen molar-refractivity contribution in [2.45, 2.75) is 19.8 Å². The number of aromatic nitrogens is 1. The number of rotatable bonds is 2. The molecule has 0 radical (unpaired) electrons. The van der Waals surface area contributed by atoms with Crippen LogP contribution in [0.15, 0.2) is 0 Å². The smallest absolute Gasteiger partial charge is 0.340 e.